The Balaban J connectivity index is 2.85. The maximum absolute atomic E-state index is 12.9. The predicted octanol–water partition coefficient (Wildman–Crippen LogP) is 2.76. The molecule has 1 heterocycles. The van der Waals surface area contributed by atoms with Crippen LogP contribution in [0.15, 0.2) is 0 Å². The number of nitrogens with zero attached hydrogens (tertiary/aromatic N) is 1. The third kappa shape index (κ3) is 4.40. The SMILES string of the molecule is CC(C)(C)OC(=O)N1CCC(C=O)CC1C(F)(F)F. The Morgan fingerprint density at radius 1 is 1.32 bits per heavy atom. The monoisotopic (exact) mass is 281 g/mol. The summed E-state index contributed by atoms with van der Waals surface area (Å²) in [7, 11) is 0. The van der Waals surface area contributed by atoms with Crippen molar-refractivity contribution in [2.45, 2.75) is 51.4 Å². The predicted molar refractivity (Wildman–Crippen MR) is 61.6 cm³/mol. The van der Waals surface area contributed by atoms with Gasteiger partial charge < -0.3 is 9.53 Å². The highest BCUT2D eigenvalue weighted by molar-refractivity contribution is 5.69. The molecule has 1 aliphatic rings. The smallest absolute Gasteiger partial charge is 0.410 e. The number of carbonyl (C=O) groups excluding carboxylic acids is 2. The fourth-order valence-electron chi connectivity index (χ4n) is 1.97. The van der Waals surface area contributed by atoms with Crippen molar-refractivity contribution in [1.82, 2.24) is 4.90 Å². The molecule has 0 aliphatic carbocycles. The van der Waals surface area contributed by atoms with Gasteiger partial charge in [-0.2, -0.15) is 13.2 Å². The normalized spacial score (nSPS) is 25.1. The lowest BCUT2D eigenvalue weighted by atomic mass is 9.92. The molecule has 0 aromatic carbocycles. The molecule has 0 saturated carbocycles. The Morgan fingerprint density at radius 2 is 1.89 bits per heavy atom. The van der Waals surface area contributed by atoms with Gasteiger partial charge in [-0.05, 0) is 33.6 Å². The van der Waals surface area contributed by atoms with Crippen LogP contribution >= 0.6 is 0 Å². The number of ether oxygens (including phenoxy) is 1. The van der Waals surface area contributed by atoms with Crippen molar-refractivity contribution >= 4 is 12.4 Å². The lowest BCUT2D eigenvalue weighted by molar-refractivity contribution is -0.191. The van der Waals surface area contributed by atoms with Crippen molar-refractivity contribution in [3.8, 4) is 0 Å². The number of halogens is 3. The average molecular weight is 281 g/mol. The largest absolute Gasteiger partial charge is 0.444 e. The van der Waals surface area contributed by atoms with Gasteiger partial charge in [0, 0.05) is 12.5 Å². The number of hydrogen-bond acceptors (Lipinski definition) is 3. The van der Waals surface area contributed by atoms with Gasteiger partial charge in [0.15, 0.2) is 0 Å². The summed E-state index contributed by atoms with van der Waals surface area (Å²) in [4.78, 5) is 23.1. The van der Waals surface area contributed by atoms with Gasteiger partial charge in [0.05, 0.1) is 0 Å². The second kappa shape index (κ2) is 5.38. The average Bonchev–Trinajstić information content (AvgIpc) is 2.24. The zero-order chi connectivity index (χ0) is 14.8. The van der Waals surface area contributed by atoms with Crippen molar-refractivity contribution in [3.05, 3.63) is 0 Å². The van der Waals surface area contributed by atoms with Crippen LogP contribution < -0.4 is 0 Å². The van der Waals surface area contributed by atoms with Gasteiger partial charge in [0.2, 0.25) is 0 Å². The van der Waals surface area contributed by atoms with Crippen molar-refractivity contribution < 1.29 is 27.5 Å². The summed E-state index contributed by atoms with van der Waals surface area (Å²) < 4.78 is 43.8. The number of piperidine rings is 1. The maximum Gasteiger partial charge on any atom is 0.410 e. The third-order valence-corrected chi connectivity index (χ3v) is 2.84. The number of rotatable bonds is 1. The minimum Gasteiger partial charge on any atom is -0.444 e. The molecule has 0 aromatic heterocycles. The molecule has 0 bridgehead atoms. The highest BCUT2D eigenvalue weighted by Crippen LogP contribution is 2.34. The van der Waals surface area contributed by atoms with E-state index in [-0.39, 0.29) is 13.0 Å². The van der Waals surface area contributed by atoms with Gasteiger partial charge in [-0.3, -0.25) is 4.90 Å². The lowest BCUT2D eigenvalue weighted by Crippen LogP contribution is -2.54. The first kappa shape index (κ1) is 15.8. The van der Waals surface area contributed by atoms with Crippen molar-refractivity contribution in [3.63, 3.8) is 0 Å². The van der Waals surface area contributed by atoms with E-state index < -0.39 is 36.3 Å². The fraction of sp³-hybridized carbons (Fsp3) is 0.833. The molecule has 7 heteroatoms. The Kier molecular flexibility index (Phi) is 4.47. The molecule has 1 amide bonds. The summed E-state index contributed by atoms with van der Waals surface area (Å²) in [6, 6.07) is -1.95. The number of likely N-dealkylation sites (tertiary alicyclic amines) is 1. The van der Waals surface area contributed by atoms with E-state index in [2.05, 4.69) is 0 Å². The lowest BCUT2D eigenvalue weighted by Gasteiger charge is -2.39. The first-order chi connectivity index (χ1) is 8.54. The van der Waals surface area contributed by atoms with E-state index in [4.69, 9.17) is 4.74 Å². The summed E-state index contributed by atoms with van der Waals surface area (Å²) >= 11 is 0. The van der Waals surface area contributed by atoms with Crippen LogP contribution in [0, 0.1) is 5.92 Å². The molecule has 110 valence electrons. The molecule has 2 atom stereocenters. The highest BCUT2D eigenvalue weighted by atomic mass is 19.4. The van der Waals surface area contributed by atoms with Crippen LogP contribution in [-0.4, -0.2) is 41.6 Å². The molecule has 1 saturated heterocycles. The number of alkyl halides is 3. The molecule has 0 aromatic rings. The minimum atomic E-state index is -4.56. The van der Waals surface area contributed by atoms with Crippen LogP contribution in [0.5, 0.6) is 0 Å². The van der Waals surface area contributed by atoms with E-state index in [9.17, 15) is 22.8 Å². The van der Waals surface area contributed by atoms with Crippen LogP contribution in [0.25, 0.3) is 0 Å². The molecular weight excluding hydrogens is 263 g/mol. The Bertz CT molecular complexity index is 349. The summed E-state index contributed by atoms with van der Waals surface area (Å²) in [5, 5.41) is 0. The van der Waals surface area contributed by atoms with Crippen LogP contribution in [0.4, 0.5) is 18.0 Å². The first-order valence-corrected chi connectivity index (χ1v) is 6.06. The van der Waals surface area contributed by atoms with Crippen molar-refractivity contribution in [2.24, 2.45) is 5.92 Å². The second-order valence-electron chi connectivity index (χ2n) is 5.65. The second-order valence-corrected chi connectivity index (χ2v) is 5.65. The Hall–Kier alpha value is -1.27. The highest BCUT2D eigenvalue weighted by Gasteiger charge is 2.49. The number of aldehydes is 1. The quantitative estimate of drug-likeness (QED) is 0.694. The van der Waals surface area contributed by atoms with E-state index in [0.717, 1.165) is 0 Å². The standard InChI is InChI=1S/C12H18F3NO3/c1-11(2,3)19-10(18)16-5-4-8(7-17)6-9(16)12(13,14)15/h7-9H,4-6H2,1-3H3. The summed E-state index contributed by atoms with van der Waals surface area (Å²) in [6.45, 7) is 4.64. The molecule has 4 nitrogen and oxygen atoms in total. The van der Waals surface area contributed by atoms with Gasteiger partial charge in [-0.1, -0.05) is 0 Å². The van der Waals surface area contributed by atoms with Gasteiger partial charge in [0.25, 0.3) is 0 Å². The summed E-state index contributed by atoms with van der Waals surface area (Å²) in [6.07, 6.45) is -5.19. The number of hydrogen-bond donors (Lipinski definition) is 0. The molecule has 1 fully saturated rings. The minimum absolute atomic E-state index is 0.123. The molecule has 1 rings (SSSR count). The summed E-state index contributed by atoms with van der Waals surface area (Å²) in [5.74, 6) is -0.662. The van der Waals surface area contributed by atoms with Crippen LogP contribution in [0.1, 0.15) is 33.6 Å². The van der Waals surface area contributed by atoms with E-state index >= 15 is 0 Å². The van der Waals surface area contributed by atoms with Crippen LogP contribution in [0.3, 0.4) is 0 Å². The van der Waals surface area contributed by atoms with Crippen molar-refractivity contribution in [1.29, 1.82) is 0 Å². The van der Waals surface area contributed by atoms with E-state index in [0.29, 0.717) is 11.2 Å². The van der Waals surface area contributed by atoms with Gasteiger partial charge >= 0.3 is 12.3 Å². The molecule has 0 N–H and O–H groups in total. The molecule has 0 radical (unpaired) electrons. The molecule has 2 unspecified atom stereocenters. The molecular formula is C12H18F3NO3. The van der Waals surface area contributed by atoms with Crippen LogP contribution in [0.2, 0.25) is 0 Å². The van der Waals surface area contributed by atoms with Gasteiger partial charge in [-0.25, -0.2) is 4.79 Å². The molecule has 0 spiro atoms. The van der Waals surface area contributed by atoms with E-state index in [1.807, 2.05) is 0 Å². The first-order valence-electron chi connectivity index (χ1n) is 6.06. The summed E-state index contributed by atoms with van der Waals surface area (Å²) in [5.41, 5.74) is -0.852. The molecule has 19 heavy (non-hydrogen) atoms. The maximum atomic E-state index is 12.9. The van der Waals surface area contributed by atoms with Crippen LogP contribution in [-0.2, 0) is 9.53 Å². The third-order valence-electron chi connectivity index (χ3n) is 2.84. The zero-order valence-electron chi connectivity index (χ0n) is 11.2. The van der Waals surface area contributed by atoms with Gasteiger partial charge in [-0.15, -0.1) is 0 Å². The Morgan fingerprint density at radius 3 is 2.32 bits per heavy atom. The topological polar surface area (TPSA) is 46.6 Å². The molecule has 1 aliphatic heterocycles. The van der Waals surface area contributed by atoms with Crippen molar-refractivity contribution in [2.75, 3.05) is 6.54 Å². The zero-order valence-corrected chi connectivity index (χ0v) is 11.2. The van der Waals surface area contributed by atoms with E-state index in [1.54, 1.807) is 20.8 Å². The fourth-order valence-corrected chi connectivity index (χ4v) is 1.97. The number of amides is 1. The number of carbonyl (C=O) groups is 2. The van der Waals surface area contributed by atoms with E-state index in [1.165, 1.54) is 0 Å². The van der Waals surface area contributed by atoms with Gasteiger partial charge in [0.1, 0.15) is 17.9 Å². The Labute approximate surface area is 109 Å².